The number of alkyl halides is 1. The molecule has 0 aliphatic carbocycles. The lowest BCUT2D eigenvalue weighted by molar-refractivity contribution is -0.385. The van der Waals surface area contributed by atoms with Crippen molar-refractivity contribution < 1.29 is 28.7 Å². The van der Waals surface area contributed by atoms with Gasteiger partial charge in [-0.3, -0.25) is 10.1 Å². The molecule has 8 nitrogen and oxygen atoms in total. The summed E-state index contributed by atoms with van der Waals surface area (Å²) in [6.45, 7) is 4.00. The second-order valence-corrected chi connectivity index (χ2v) is 7.29. The molecular weight excluding hydrogens is 458 g/mol. The fraction of sp³-hybridized carbons (Fsp3) is 0.381. The first-order valence-electron chi connectivity index (χ1n) is 9.18. The highest BCUT2D eigenvalue weighted by molar-refractivity contribution is 9.09. The summed E-state index contributed by atoms with van der Waals surface area (Å²) in [5, 5.41) is 11.8. The Kier molecular flexibility index (Phi) is 8.46. The highest BCUT2D eigenvalue weighted by atomic mass is 79.9. The van der Waals surface area contributed by atoms with Crippen LogP contribution in [0.4, 0.5) is 5.69 Å². The summed E-state index contributed by atoms with van der Waals surface area (Å²) in [6, 6.07) is 6.07. The minimum atomic E-state index is -0.496. The number of aryl methyl sites for hydroxylation is 2. The van der Waals surface area contributed by atoms with Gasteiger partial charge < -0.3 is 18.9 Å². The smallest absolute Gasteiger partial charge is 0.338 e. The summed E-state index contributed by atoms with van der Waals surface area (Å²) >= 11 is 3.29. The van der Waals surface area contributed by atoms with E-state index in [2.05, 4.69) is 15.9 Å². The molecular formula is C21H24BrNO7. The molecule has 0 amide bonds. The predicted octanol–water partition coefficient (Wildman–Crippen LogP) is 4.75. The Labute approximate surface area is 183 Å². The van der Waals surface area contributed by atoms with Gasteiger partial charge in [-0.1, -0.05) is 15.9 Å². The van der Waals surface area contributed by atoms with E-state index in [0.717, 1.165) is 22.0 Å². The molecule has 0 aliphatic heterocycles. The first-order valence-corrected chi connectivity index (χ1v) is 10.3. The largest absolute Gasteiger partial charge is 0.493 e. The summed E-state index contributed by atoms with van der Waals surface area (Å²) in [5.41, 5.74) is 2.58. The number of carbonyl (C=O) groups excluding carboxylic acids is 1. The van der Waals surface area contributed by atoms with E-state index in [1.807, 2.05) is 0 Å². The molecule has 162 valence electrons. The van der Waals surface area contributed by atoms with Gasteiger partial charge in [0.05, 0.1) is 31.3 Å². The van der Waals surface area contributed by atoms with Crippen LogP contribution in [0.25, 0.3) is 0 Å². The molecule has 9 heteroatoms. The number of methoxy groups -OCH3 is 2. The molecule has 0 unspecified atom stereocenters. The topological polar surface area (TPSA) is 97.1 Å². The normalized spacial score (nSPS) is 10.4. The van der Waals surface area contributed by atoms with Crippen LogP contribution in [0.15, 0.2) is 24.3 Å². The number of non-ortho nitro benzene ring substituents is 1. The van der Waals surface area contributed by atoms with Crippen LogP contribution in [0.2, 0.25) is 0 Å². The fourth-order valence-electron chi connectivity index (χ4n) is 2.91. The van der Waals surface area contributed by atoms with E-state index >= 15 is 0 Å². The molecule has 2 aromatic rings. The molecule has 0 aromatic heterocycles. The van der Waals surface area contributed by atoms with Crippen LogP contribution < -0.4 is 14.2 Å². The van der Waals surface area contributed by atoms with Crippen LogP contribution in [0.5, 0.6) is 17.2 Å². The van der Waals surface area contributed by atoms with Gasteiger partial charge in [-0.05, 0) is 49.1 Å². The monoisotopic (exact) mass is 481 g/mol. The second-order valence-electron chi connectivity index (χ2n) is 6.49. The number of hydrogen-bond donors (Lipinski definition) is 0. The average molecular weight is 482 g/mol. The SMILES string of the molecule is COc1cc(C(=O)OCCCBr)cc(OCc2c(C)cc([N+](=O)[O-])cc2C)c1OC. The number of esters is 1. The Morgan fingerprint density at radius 2 is 1.70 bits per heavy atom. The summed E-state index contributed by atoms with van der Waals surface area (Å²) in [4.78, 5) is 23.0. The van der Waals surface area contributed by atoms with Crippen molar-refractivity contribution in [3.05, 3.63) is 56.6 Å². The van der Waals surface area contributed by atoms with Crippen molar-refractivity contribution in [2.75, 3.05) is 26.2 Å². The van der Waals surface area contributed by atoms with Crippen LogP contribution in [0.3, 0.4) is 0 Å². The van der Waals surface area contributed by atoms with Crippen molar-refractivity contribution in [3.63, 3.8) is 0 Å². The highest BCUT2D eigenvalue weighted by Crippen LogP contribution is 2.39. The average Bonchev–Trinajstić information content (AvgIpc) is 2.72. The first kappa shape index (κ1) is 23.5. The Bertz CT molecular complexity index is 907. The Morgan fingerprint density at radius 3 is 2.23 bits per heavy atom. The maximum atomic E-state index is 12.4. The van der Waals surface area contributed by atoms with Crippen LogP contribution in [-0.2, 0) is 11.3 Å². The Hall–Kier alpha value is -2.81. The lowest BCUT2D eigenvalue weighted by atomic mass is 10.0. The maximum absolute atomic E-state index is 12.4. The predicted molar refractivity (Wildman–Crippen MR) is 115 cm³/mol. The number of hydrogen-bond acceptors (Lipinski definition) is 7. The summed E-state index contributed by atoms with van der Waals surface area (Å²) in [7, 11) is 2.94. The van der Waals surface area contributed by atoms with E-state index in [4.69, 9.17) is 18.9 Å². The van der Waals surface area contributed by atoms with Gasteiger partial charge in [0.1, 0.15) is 6.61 Å². The Balaban J connectivity index is 2.33. The molecule has 0 spiro atoms. The van der Waals surface area contributed by atoms with Crippen molar-refractivity contribution >= 4 is 27.6 Å². The van der Waals surface area contributed by atoms with Crippen LogP contribution in [0.1, 0.15) is 33.5 Å². The zero-order chi connectivity index (χ0) is 22.3. The van der Waals surface area contributed by atoms with E-state index in [0.29, 0.717) is 23.7 Å². The number of rotatable bonds is 10. The number of ether oxygens (including phenoxy) is 4. The zero-order valence-corrected chi connectivity index (χ0v) is 18.9. The van der Waals surface area contributed by atoms with Crippen molar-refractivity contribution in [1.29, 1.82) is 0 Å². The number of nitro benzene ring substituents is 1. The summed E-state index contributed by atoms with van der Waals surface area (Å²) in [6.07, 6.45) is 0.696. The molecule has 0 heterocycles. The summed E-state index contributed by atoms with van der Waals surface area (Å²) < 4.78 is 21.9. The third kappa shape index (κ3) is 5.63. The maximum Gasteiger partial charge on any atom is 0.338 e. The van der Waals surface area contributed by atoms with Gasteiger partial charge in [0, 0.05) is 17.5 Å². The number of halogens is 1. The standard InChI is InChI=1S/C21H24BrNO7/c1-13-8-16(23(25)26)9-14(2)17(13)12-30-19-11-15(21(24)29-7-5-6-22)10-18(27-3)20(19)28-4/h8-11H,5-7,12H2,1-4H3. The number of benzene rings is 2. The molecule has 0 radical (unpaired) electrons. The Morgan fingerprint density at radius 1 is 1.07 bits per heavy atom. The highest BCUT2D eigenvalue weighted by Gasteiger charge is 2.20. The molecule has 0 saturated carbocycles. The third-order valence-electron chi connectivity index (χ3n) is 4.46. The third-order valence-corrected chi connectivity index (χ3v) is 5.02. The van der Waals surface area contributed by atoms with Gasteiger partial charge in [0.15, 0.2) is 11.5 Å². The molecule has 0 atom stereocenters. The molecule has 30 heavy (non-hydrogen) atoms. The van der Waals surface area contributed by atoms with Gasteiger partial charge >= 0.3 is 5.97 Å². The summed E-state index contributed by atoms with van der Waals surface area (Å²) in [5.74, 6) is 0.484. The van der Waals surface area contributed by atoms with E-state index in [1.54, 1.807) is 13.8 Å². The number of nitro groups is 1. The van der Waals surface area contributed by atoms with Gasteiger partial charge in [-0.25, -0.2) is 4.79 Å². The van der Waals surface area contributed by atoms with E-state index in [1.165, 1.54) is 38.5 Å². The molecule has 0 aliphatic rings. The second kappa shape index (κ2) is 10.8. The molecule has 2 aromatic carbocycles. The van der Waals surface area contributed by atoms with E-state index in [-0.39, 0.29) is 24.5 Å². The quantitative estimate of drug-likeness (QED) is 0.159. The van der Waals surface area contributed by atoms with Gasteiger partial charge in [0.2, 0.25) is 5.75 Å². The molecule has 0 saturated heterocycles. The lowest BCUT2D eigenvalue weighted by Crippen LogP contribution is -2.09. The van der Waals surface area contributed by atoms with Crippen molar-refractivity contribution in [2.24, 2.45) is 0 Å². The minimum absolute atomic E-state index is 0.0289. The van der Waals surface area contributed by atoms with Gasteiger partial charge in [0.25, 0.3) is 5.69 Å². The molecule has 0 N–H and O–H groups in total. The van der Waals surface area contributed by atoms with Crippen molar-refractivity contribution in [3.8, 4) is 17.2 Å². The number of carbonyl (C=O) groups is 1. The molecule has 0 bridgehead atoms. The van der Waals surface area contributed by atoms with Crippen molar-refractivity contribution in [2.45, 2.75) is 26.9 Å². The van der Waals surface area contributed by atoms with E-state index in [9.17, 15) is 14.9 Å². The van der Waals surface area contributed by atoms with Crippen molar-refractivity contribution in [1.82, 2.24) is 0 Å². The van der Waals surface area contributed by atoms with E-state index < -0.39 is 10.9 Å². The fourth-order valence-corrected chi connectivity index (χ4v) is 3.14. The molecule has 0 fully saturated rings. The van der Waals surface area contributed by atoms with Crippen LogP contribution >= 0.6 is 15.9 Å². The van der Waals surface area contributed by atoms with Crippen LogP contribution in [0, 0.1) is 24.0 Å². The first-order chi connectivity index (χ1) is 14.3. The van der Waals surface area contributed by atoms with Gasteiger partial charge in [-0.2, -0.15) is 0 Å². The number of nitrogens with zero attached hydrogens (tertiary/aromatic N) is 1. The molecule has 2 rings (SSSR count). The minimum Gasteiger partial charge on any atom is -0.493 e. The zero-order valence-electron chi connectivity index (χ0n) is 17.3. The van der Waals surface area contributed by atoms with Gasteiger partial charge in [-0.15, -0.1) is 0 Å². The van der Waals surface area contributed by atoms with Crippen LogP contribution in [-0.4, -0.2) is 37.0 Å². The lowest BCUT2D eigenvalue weighted by Gasteiger charge is -2.17.